The van der Waals surface area contributed by atoms with Crippen LogP contribution in [0, 0.1) is 0 Å². The molecule has 0 atom stereocenters. The van der Waals surface area contributed by atoms with Crippen molar-refractivity contribution in [2.45, 2.75) is 13.0 Å². The topological polar surface area (TPSA) is 93.2 Å². The van der Waals surface area contributed by atoms with E-state index in [0.29, 0.717) is 19.5 Å². The molecule has 0 spiro atoms. The van der Waals surface area contributed by atoms with Crippen molar-refractivity contribution in [2.24, 2.45) is 12.2 Å². The van der Waals surface area contributed by atoms with E-state index in [1.54, 1.807) is 0 Å². The molecule has 1 rings (SSSR count). The third kappa shape index (κ3) is 4.63. The Labute approximate surface area is 108 Å². The Bertz CT molecular complexity index is 480. The molecule has 3 N–H and O–H groups in total. The summed E-state index contributed by atoms with van der Waals surface area (Å²) in [5, 5.41) is 8.08. The highest BCUT2D eigenvalue weighted by Gasteiger charge is 2.07. The summed E-state index contributed by atoms with van der Waals surface area (Å²) in [5.41, 5.74) is 1.05. The van der Waals surface area contributed by atoms with Crippen LogP contribution in [0.1, 0.15) is 12.1 Å². The Morgan fingerprint density at radius 3 is 2.67 bits per heavy atom. The normalized spacial score (nSPS) is 11.8. The molecule has 1 aromatic rings. The first-order chi connectivity index (χ1) is 8.31. The number of sulfonamides is 1. The number of nitrogens with one attached hydrogen (secondary N) is 1. The van der Waals surface area contributed by atoms with E-state index in [-0.39, 0.29) is 5.75 Å². The van der Waals surface area contributed by atoms with E-state index in [0.717, 1.165) is 11.6 Å². The average Bonchev–Trinajstić information content (AvgIpc) is 2.58. The molecule has 0 amide bonds. The van der Waals surface area contributed by atoms with Crippen LogP contribution in [-0.4, -0.2) is 44.4 Å². The van der Waals surface area contributed by atoms with E-state index in [2.05, 4.69) is 10.3 Å². The summed E-state index contributed by atoms with van der Waals surface area (Å²) in [6, 6.07) is 0. The number of hydrogen-bond donors (Lipinski definition) is 2. The smallest absolute Gasteiger partial charge is 0.209 e. The van der Waals surface area contributed by atoms with Crippen molar-refractivity contribution < 1.29 is 8.42 Å². The Hall–Kier alpha value is -1.12. The van der Waals surface area contributed by atoms with Gasteiger partial charge in [0, 0.05) is 27.7 Å². The molecule has 1 heterocycles. The molecule has 0 fully saturated rings. The summed E-state index contributed by atoms with van der Waals surface area (Å²) in [6.07, 6.45) is 2.32. The van der Waals surface area contributed by atoms with Gasteiger partial charge in [0.15, 0.2) is 0 Å². The summed E-state index contributed by atoms with van der Waals surface area (Å²) < 4.78 is 23.4. The first-order valence-corrected chi connectivity index (χ1v) is 7.42. The molecule has 0 aromatic carbocycles. The van der Waals surface area contributed by atoms with E-state index in [9.17, 15) is 8.42 Å². The number of imidazole rings is 1. The molecule has 0 aliphatic carbocycles. The first-order valence-electron chi connectivity index (χ1n) is 5.70. The van der Waals surface area contributed by atoms with Gasteiger partial charge in [-0.15, -0.1) is 0 Å². The zero-order valence-electron chi connectivity index (χ0n) is 11.0. The zero-order valence-corrected chi connectivity index (χ0v) is 11.9. The van der Waals surface area contributed by atoms with Crippen molar-refractivity contribution in [1.82, 2.24) is 14.9 Å². The van der Waals surface area contributed by atoms with Gasteiger partial charge >= 0.3 is 0 Å². The number of hydrogen-bond acceptors (Lipinski definition) is 5. The van der Waals surface area contributed by atoms with Gasteiger partial charge in [-0.25, -0.2) is 18.5 Å². The number of rotatable bonds is 7. The van der Waals surface area contributed by atoms with Crippen LogP contribution in [0.3, 0.4) is 0 Å². The third-order valence-electron chi connectivity index (χ3n) is 2.55. The second-order valence-corrected chi connectivity index (χ2v) is 6.13. The average molecular weight is 275 g/mol. The molecular weight excluding hydrogens is 254 g/mol. The number of primary sulfonamides is 1. The molecule has 0 bridgehead atoms. The first kappa shape index (κ1) is 14.9. The van der Waals surface area contributed by atoms with Crippen LogP contribution in [0.2, 0.25) is 0 Å². The highest BCUT2D eigenvalue weighted by molar-refractivity contribution is 7.89. The minimum atomic E-state index is -3.35. The van der Waals surface area contributed by atoms with Crippen LogP contribution in [0.5, 0.6) is 0 Å². The standard InChI is InChI=1S/C10H21N5O2S/c1-14(2)10-13-8-9(15(10)3)7-12-5-4-6-18(11,16)17/h8,12H,4-7H2,1-3H3,(H2,11,16,17). The summed E-state index contributed by atoms with van der Waals surface area (Å²) in [4.78, 5) is 6.22. The number of aromatic nitrogens is 2. The highest BCUT2D eigenvalue weighted by atomic mass is 32.2. The van der Waals surface area contributed by atoms with Gasteiger partial charge < -0.3 is 14.8 Å². The second kappa shape index (κ2) is 6.17. The molecular formula is C10H21N5O2S. The number of anilines is 1. The Kier molecular flexibility index (Phi) is 5.12. The molecule has 1 aromatic heterocycles. The van der Waals surface area contributed by atoms with Crippen LogP contribution in [0.25, 0.3) is 0 Å². The summed E-state index contributed by atoms with van der Waals surface area (Å²) in [7, 11) is 2.47. The Balaban J connectivity index is 2.36. The van der Waals surface area contributed by atoms with Gasteiger partial charge in [0.05, 0.1) is 17.6 Å². The lowest BCUT2D eigenvalue weighted by atomic mass is 10.4. The maximum absolute atomic E-state index is 10.7. The molecule has 0 radical (unpaired) electrons. The van der Waals surface area contributed by atoms with Crippen molar-refractivity contribution in [3.8, 4) is 0 Å². The van der Waals surface area contributed by atoms with Crippen LogP contribution < -0.4 is 15.4 Å². The van der Waals surface area contributed by atoms with E-state index in [1.807, 2.05) is 36.8 Å². The van der Waals surface area contributed by atoms with Gasteiger partial charge in [-0.05, 0) is 13.0 Å². The molecule has 104 valence electrons. The van der Waals surface area contributed by atoms with E-state index in [4.69, 9.17) is 5.14 Å². The molecule has 8 heteroatoms. The fourth-order valence-corrected chi connectivity index (χ4v) is 2.18. The van der Waals surface area contributed by atoms with Crippen molar-refractivity contribution in [1.29, 1.82) is 0 Å². The summed E-state index contributed by atoms with van der Waals surface area (Å²) in [5.74, 6) is 0.894. The monoisotopic (exact) mass is 275 g/mol. The fraction of sp³-hybridized carbons (Fsp3) is 0.700. The van der Waals surface area contributed by atoms with Crippen molar-refractivity contribution >= 4 is 16.0 Å². The van der Waals surface area contributed by atoms with Crippen LogP contribution in [0.4, 0.5) is 5.95 Å². The van der Waals surface area contributed by atoms with Gasteiger partial charge in [-0.1, -0.05) is 0 Å². The second-order valence-electron chi connectivity index (χ2n) is 4.40. The van der Waals surface area contributed by atoms with Crippen LogP contribution in [0.15, 0.2) is 6.20 Å². The van der Waals surface area contributed by atoms with E-state index < -0.39 is 10.0 Å². The van der Waals surface area contributed by atoms with Gasteiger partial charge in [-0.3, -0.25) is 0 Å². The van der Waals surface area contributed by atoms with Crippen LogP contribution >= 0.6 is 0 Å². The molecule has 0 saturated heterocycles. The quantitative estimate of drug-likeness (QED) is 0.639. The summed E-state index contributed by atoms with van der Waals surface area (Å²) >= 11 is 0. The zero-order chi connectivity index (χ0) is 13.8. The Morgan fingerprint density at radius 2 is 2.17 bits per heavy atom. The Morgan fingerprint density at radius 1 is 1.50 bits per heavy atom. The number of nitrogens with two attached hydrogens (primary N) is 1. The highest BCUT2D eigenvalue weighted by Crippen LogP contribution is 2.10. The predicted molar refractivity (Wildman–Crippen MR) is 71.8 cm³/mol. The minimum absolute atomic E-state index is 0.00827. The summed E-state index contributed by atoms with van der Waals surface area (Å²) in [6.45, 7) is 1.26. The van der Waals surface area contributed by atoms with Crippen molar-refractivity contribution in [2.75, 3.05) is 31.3 Å². The molecule has 7 nitrogen and oxygen atoms in total. The molecule has 18 heavy (non-hydrogen) atoms. The lowest BCUT2D eigenvalue weighted by Crippen LogP contribution is -2.23. The molecule has 0 unspecified atom stereocenters. The predicted octanol–water partition coefficient (Wildman–Crippen LogP) is -0.746. The minimum Gasteiger partial charge on any atom is -0.348 e. The third-order valence-corrected chi connectivity index (χ3v) is 3.41. The maximum Gasteiger partial charge on any atom is 0.209 e. The number of nitrogens with zero attached hydrogens (tertiary/aromatic N) is 3. The van der Waals surface area contributed by atoms with E-state index in [1.165, 1.54) is 0 Å². The van der Waals surface area contributed by atoms with Gasteiger partial charge in [-0.2, -0.15) is 0 Å². The molecule has 0 aliphatic heterocycles. The lowest BCUT2D eigenvalue weighted by Gasteiger charge is -2.12. The fourth-order valence-electron chi connectivity index (χ4n) is 1.63. The van der Waals surface area contributed by atoms with Crippen molar-refractivity contribution in [3.05, 3.63) is 11.9 Å². The molecule has 0 saturated carbocycles. The van der Waals surface area contributed by atoms with E-state index >= 15 is 0 Å². The van der Waals surface area contributed by atoms with Gasteiger partial charge in [0.2, 0.25) is 16.0 Å². The van der Waals surface area contributed by atoms with Gasteiger partial charge in [0.1, 0.15) is 0 Å². The van der Waals surface area contributed by atoms with Crippen molar-refractivity contribution in [3.63, 3.8) is 0 Å². The molecule has 0 aliphatic rings. The largest absolute Gasteiger partial charge is 0.348 e. The lowest BCUT2D eigenvalue weighted by molar-refractivity contribution is 0.588. The maximum atomic E-state index is 10.7. The SMILES string of the molecule is CN(C)c1ncc(CNCCCS(N)(=O)=O)n1C. The van der Waals surface area contributed by atoms with Crippen LogP contribution in [-0.2, 0) is 23.6 Å². The van der Waals surface area contributed by atoms with Gasteiger partial charge in [0.25, 0.3) is 0 Å².